The summed E-state index contributed by atoms with van der Waals surface area (Å²) in [6.07, 6.45) is 0. The lowest BCUT2D eigenvalue weighted by molar-refractivity contribution is -0.131. The monoisotopic (exact) mass is 327 g/mol. The normalized spacial score (nSPS) is 9.92. The molecule has 0 aromatic heterocycles. The highest BCUT2D eigenvalue weighted by Gasteiger charge is 2.17. The van der Waals surface area contributed by atoms with Crippen LogP contribution in [0.2, 0.25) is 0 Å². The average molecular weight is 327 g/mol. The Morgan fingerprint density at radius 2 is 1.58 bits per heavy atom. The van der Waals surface area contributed by atoms with Gasteiger partial charge in [0.05, 0.1) is 23.4 Å². The van der Waals surface area contributed by atoms with Crippen molar-refractivity contribution in [3.8, 4) is 5.75 Å². The Kier molecular flexibility index (Phi) is 5.68. The summed E-state index contributed by atoms with van der Waals surface area (Å²) in [5.74, 6) is -1.40. The minimum atomic E-state index is -0.526. The Morgan fingerprint density at radius 3 is 2.25 bits per heavy atom. The molecule has 2 aromatic carbocycles. The Balaban J connectivity index is 2.28. The molecule has 0 atom stereocenters. The number of carbonyl (C=O) groups is 3. The first-order valence-corrected chi connectivity index (χ1v) is 7.38. The number of para-hydroxylation sites is 2. The first-order valence-electron chi connectivity index (χ1n) is 7.38. The van der Waals surface area contributed by atoms with E-state index in [1.807, 2.05) is 0 Å². The number of hydrogen-bond donors (Lipinski definition) is 1. The highest BCUT2D eigenvalue weighted by molar-refractivity contribution is 6.09. The molecule has 0 unspecified atom stereocenters. The van der Waals surface area contributed by atoms with E-state index in [-0.39, 0.29) is 23.5 Å². The minimum Gasteiger partial charge on any atom is -0.462 e. The van der Waals surface area contributed by atoms with Crippen molar-refractivity contribution in [3.05, 3.63) is 59.7 Å². The molecule has 2 rings (SSSR count). The van der Waals surface area contributed by atoms with Gasteiger partial charge in [-0.3, -0.25) is 9.59 Å². The van der Waals surface area contributed by atoms with E-state index < -0.39 is 17.8 Å². The highest BCUT2D eigenvalue weighted by Crippen LogP contribution is 2.22. The van der Waals surface area contributed by atoms with Crippen LogP contribution in [0.5, 0.6) is 5.75 Å². The Labute approximate surface area is 139 Å². The Bertz CT molecular complexity index is 770. The van der Waals surface area contributed by atoms with Gasteiger partial charge in [0.25, 0.3) is 5.91 Å². The zero-order valence-electron chi connectivity index (χ0n) is 13.4. The van der Waals surface area contributed by atoms with E-state index in [0.29, 0.717) is 5.69 Å². The molecule has 6 heteroatoms. The predicted octanol–water partition coefficient (Wildman–Crippen LogP) is 3.04. The fraction of sp³-hybridized carbons (Fsp3) is 0.167. The van der Waals surface area contributed by atoms with Crippen molar-refractivity contribution < 1.29 is 23.9 Å². The van der Waals surface area contributed by atoms with Gasteiger partial charge >= 0.3 is 11.9 Å². The molecular formula is C18H17NO5. The van der Waals surface area contributed by atoms with E-state index in [0.717, 1.165) is 0 Å². The standard InChI is InChI=1S/C18H17NO5/c1-3-23-18(22)13-8-4-6-10-15(13)19-17(21)14-9-5-7-11-16(14)24-12(2)20/h4-11H,3H2,1-2H3,(H,19,21). The van der Waals surface area contributed by atoms with Crippen LogP contribution in [0.4, 0.5) is 5.69 Å². The van der Waals surface area contributed by atoms with Crippen LogP contribution < -0.4 is 10.1 Å². The van der Waals surface area contributed by atoms with Crippen LogP contribution in [-0.2, 0) is 9.53 Å². The second-order valence-electron chi connectivity index (χ2n) is 4.81. The third-order valence-electron chi connectivity index (χ3n) is 3.06. The first-order chi connectivity index (χ1) is 11.5. The third kappa shape index (κ3) is 4.19. The van der Waals surface area contributed by atoms with Crippen molar-refractivity contribution in [1.82, 2.24) is 0 Å². The van der Waals surface area contributed by atoms with Crippen molar-refractivity contribution >= 4 is 23.5 Å². The van der Waals surface area contributed by atoms with Gasteiger partial charge in [-0.2, -0.15) is 0 Å². The molecule has 0 heterocycles. The van der Waals surface area contributed by atoms with E-state index in [1.54, 1.807) is 43.3 Å². The molecule has 0 spiro atoms. The SMILES string of the molecule is CCOC(=O)c1ccccc1NC(=O)c1ccccc1OC(C)=O. The zero-order chi connectivity index (χ0) is 17.5. The predicted molar refractivity (Wildman–Crippen MR) is 88.1 cm³/mol. The second-order valence-corrected chi connectivity index (χ2v) is 4.81. The van der Waals surface area contributed by atoms with Crippen molar-refractivity contribution in [1.29, 1.82) is 0 Å². The number of esters is 2. The molecule has 0 aliphatic heterocycles. The first kappa shape index (κ1) is 17.2. The summed E-state index contributed by atoms with van der Waals surface area (Å²) in [7, 11) is 0. The van der Waals surface area contributed by atoms with E-state index in [9.17, 15) is 14.4 Å². The molecule has 6 nitrogen and oxygen atoms in total. The molecule has 1 N–H and O–H groups in total. The van der Waals surface area contributed by atoms with Crippen molar-refractivity contribution in [2.45, 2.75) is 13.8 Å². The highest BCUT2D eigenvalue weighted by atomic mass is 16.5. The van der Waals surface area contributed by atoms with Gasteiger partial charge in [0.15, 0.2) is 0 Å². The van der Waals surface area contributed by atoms with Crippen LogP contribution in [0.1, 0.15) is 34.6 Å². The van der Waals surface area contributed by atoms with Gasteiger partial charge in [-0.05, 0) is 31.2 Å². The Hall–Kier alpha value is -3.15. The van der Waals surface area contributed by atoms with Crippen LogP contribution in [0.3, 0.4) is 0 Å². The smallest absolute Gasteiger partial charge is 0.340 e. The fourth-order valence-corrected chi connectivity index (χ4v) is 2.07. The van der Waals surface area contributed by atoms with E-state index >= 15 is 0 Å². The van der Waals surface area contributed by atoms with Crippen LogP contribution in [-0.4, -0.2) is 24.5 Å². The number of benzene rings is 2. The number of rotatable bonds is 5. The number of ether oxygens (including phenoxy) is 2. The van der Waals surface area contributed by atoms with Crippen LogP contribution in [0, 0.1) is 0 Å². The van der Waals surface area contributed by atoms with Crippen LogP contribution in [0.15, 0.2) is 48.5 Å². The molecule has 124 valence electrons. The molecule has 0 fully saturated rings. The maximum absolute atomic E-state index is 12.5. The van der Waals surface area contributed by atoms with E-state index in [4.69, 9.17) is 9.47 Å². The third-order valence-corrected chi connectivity index (χ3v) is 3.06. The molecule has 0 radical (unpaired) electrons. The summed E-state index contributed by atoms with van der Waals surface area (Å²) >= 11 is 0. The maximum atomic E-state index is 12.5. The Morgan fingerprint density at radius 1 is 0.958 bits per heavy atom. The number of carbonyl (C=O) groups excluding carboxylic acids is 3. The second kappa shape index (κ2) is 7.92. The fourth-order valence-electron chi connectivity index (χ4n) is 2.07. The minimum absolute atomic E-state index is 0.149. The van der Waals surface area contributed by atoms with Gasteiger partial charge in [-0.25, -0.2) is 4.79 Å². The lowest BCUT2D eigenvalue weighted by atomic mass is 10.1. The number of nitrogens with one attached hydrogen (secondary N) is 1. The lowest BCUT2D eigenvalue weighted by Crippen LogP contribution is -2.17. The summed E-state index contributed by atoms with van der Waals surface area (Å²) < 4.78 is 10.0. The van der Waals surface area contributed by atoms with Gasteiger partial charge in [0.1, 0.15) is 5.75 Å². The van der Waals surface area contributed by atoms with Crippen LogP contribution in [0.25, 0.3) is 0 Å². The van der Waals surface area contributed by atoms with Gasteiger partial charge < -0.3 is 14.8 Å². The number of hydrogen-bond acceptors (Lipinski definition) is 5. The molecule has 1 amide bonds. The van der Waals surface area contributed by atoms with Crippen LogP contribution >= 0.6 is 0 Å². The summed E-state index contributed by atoms with van der Waals surface area (Å²) in [6.45, 7) is 3.19. The molecule has 0 aliphatic carbocycles. The quantitative estimate of drug-likeness (QED) is 0.674. The summed E-state index contributed by atoms with van der Waals surface area (Å²) in [4.78, 5) is 35.6. The molecule has 0 aliphatic rings. The molecule has 0 bridgehead atoms. The lowest BCUT2D eigenvalue weighted by Gasteiger charge is -2.12. The largest absolute Gasteiger partial charge is 0.462 e. The summed E-state index contributed by atoms with van der Waals surface area (Å²) in [5.41, 5.74) is 0.752. The summed E-state index contributed by atoms with van der Waals surface area (Å²) in [5, 5.41) is 2.65. The zero-order valence-corrected chi connectivity index (χ0v) is 13.4. The van der Waals surface area contributed by atoms with E-state index in [2.05, 4.69) is 5.32 Å². The number of amides is 1. The number of anilines is 1. The molecule has 24 heavy (non-hydrogen) atoms. The maximum Gasteiger partial charge on any atom is 0.340 e. The van der Waals surface area contributed by atoms with Gasteiger partial charge in [-0.1, -0.05) is 24.3 Å². The average Bonchev–Trinajstić information content (AvgIpc) is 2.55. The summed E-state index contributed by atoms with van der Waals surface area (Å²) in [6, 6.07) is 12.9. The topological polar surface area (TPSA) is 81.7 Å². The van der Waals surface area contributed by atoms with Gasteiger partial charge in [-0.15, -0.1) is 0 Å². The van der Waals surface area contributed by atoms with Crippen molar-refractivity contribution in [2.24, 2.45) is 0 Å². The van der Waals surface area contributed by atoms with Crippen molar-refractivity contribution in [3.63, 3.8) is 0 Å². The van der Waals surface area contributed by atoms with Crippen molar-refractivity contribution in [2.75, 3.05) is 11.9 Å². The van der Waals surface area contributed by atoms with Gasteiger partial charge in [0, 0.05) is 6.92 Å². The molecule has 0 saturated carbocycles. The molecule has 0 saturated heterocycles. The van der Waals surface area contributed by atoms with Gasteiger partial charge in [0.2, 0.25) is 0 Å². The molecular weight excluding hydrogens is 310 g/mol. The molecule has 2 aromatic rings. The van der Waals surface area contributed by atoms with E-state index in [1.165, 1.54) is 19.1 Å².